The molecule has 0 aliphatic carbocycles. The molecule has 0 saturated carbocycles. The van der Waals surface area contributed by atoms with Crippen molar-refractivity contribution in [3.05, 3.63) is 34.6 Å². The summed E-state index contributed by atoms with van der Waals surface area (Å²) in [6.45, 7) is 6.17. The quantitative estimate of drug-likeness (QED) is 0.538. The zero-order valence-corrected chi connectivity index (χ0v) is 16.1. The highest BCUT2D eigenvalue weighted by atomic mass is 32.2. The van der Waals surface area contributed by atoms with Crippen LogP contribution in [0.15, 0.2) is 34.2 Å². The largest absolute Gasteiger partial charge is 0.352 e. The summed E-state index contributed by atoms with van der Waals surface area (Å²) in [6.07, 6.45) is 0.787. The van der Waals surface area contributed by atoms with Crippen molar-refractivity contribution in [2.45, 2.75) is 44.9 Å². The van der Waals surface area contributed by atoms with Crippen LogP contribution in [-0.4, -0.2) is 39.7 Å². The van der Waals surface area contributed by atoms with Crippen molar-refractivity contribution in [1.29, 1.82) is 0 Å². The second kappa shape index (κ2) is 9.38. The van der Waals surface area contributed by atoms with E-state index in [1.165, 1.54) is 11.8 Å². The third-order valence-corrected chi connectivity index (χ3v) is 4.48. The molecule has 0 bridgehead atoms. The Morgan fingerprint density at radius 2 is 1.96 bits per heavy atom. The van der Waals surface area contributed by atoms with Crippen LogP contribution in [0.25, 0.3) is 10.9 Å². The van der Waals surface area contributed by atoms with Crippen LogP contribution in [0.2, 0.25) is 0 Å². The molecule has 0 fully saturated rings. The molecule has 1 heterocycles. The van der Waals surface area contributed by atoms with E-state index < -0.39 is 0 Å². The maximum Gasteiger partial charge on any atom is 0.262 e. The SMILES string of the molecule is CCCn1c(SCC(=O)NCC(=O)NC(C)C)nc2ccccc2c1=O. The zero-order chi connectivity index (χ0) is 19.1. The summed E-state index contributed by atoms with van der Waals surface area (Å²) in [4.78, 5) is 40.8. The molecule has 2 aromatic rings. The van der Waals surface area contributed by atoms with Gasteiger partial charge in [0, 0.05) is 12.6 Å². The van der Waals surface area contributed by atoms with Crippen molar-refractivity contribution in [3.8, 4) is 0 Å². The molecule has 26 heavy (non-hydrogen) atoms. The molecule has 7 nitrogen and oxygen atoms in total. The molecule has 0 radical (unpaired) electrons. The fourth-order valence-corrected chi connectivity index (χ4v) is 3.27. The number of nitrogens with zero attached hydrogens (tertiary/aromatic N) is 2. The Balaban J connectivity index is 2.07. The van der Waals surface area contributed by atoms with E-state index in [9.17, 15) is 14.4 Å². The lowest BCUT2D eigenvalue weighted by molar-refractivity contribution is -0.125. The second-order valence-electron chi connectivity index (χ2n) is 6.16. The van der Waals surface area contributed by atoms with Crippen LogP contribution in [0, 0.1) is 0 Å². The van der Waals surface area contributed by atoms with Crippen LogP contribution in [0.1, 0.15) is 27.2 Å². The third-order valence-electron chi connectivity index (χ3n) is 3.50. The molecule has 2 amide bonds. The van der Waals surface area contributed by atoms with Gasteiger partial charge in [0.2, 0.25) is 11.8 Å². The highest BCUT2D eigenvalue weighted by Gasteiger charge is 2.13. The first-order valence-electron chi connectivity index (χ1n) is 8.60. The van der Waals surface area contributed by atoms with Gasteiger partial charge >= 0.3 is 0 Å². The minimum absolute atomic E-state index is 0.0269. The maximum absolute atomic E-state index is 12.7. The molecule has 0 aliphatic rings. The predicted molar refractivity (Wildman–Crippen MR) is 103 cm³/mol. The lowest BCUT2D eigenvalue weighted by atomic mass is 10.2. The van der Waals surface area contributed by atoms with Gasteiger partial charge in [0.25, 0.3) is 5.56 Å². The molecule has 8 heteroatoms. The van der Waals surface area contributed by atoms with E-state index in [4.69, 9.17) is 0 Å². The van der Waals surface area contributed by atoms with Crippen LogP contribution in [-0.2, 0) is 16.1 Å². The first-order chi connectivity index (χ1) is 12.4. The summed E-state index contributed by atoms with van der Waals surface area (Å²) in [6, 6.07) is 7.20. The molecule has 0 spiro atoms. The average molecular weight is 376 g/mol. The van der Waals surface area contributed by atoms with Gasteiger partial charge in [-0.05, 0) is 32.4 Å². The normalized spacial score (nSPS) is 10.9. The topological polar surface area (TPSA) is 93.1 Å². The number of amides is 2. The van der Waals surface area contributed by atoms with E-state index in [1.54, 1.807) is 16.7 Å². The molecular formula is C18H24N4O3S. The Labute approximate surface area is 156 Å². The van der Waals surface area contributed by atoms with Gasteiger partial charge < -0.3 is 10.6 Å². The van der Waals surface area contributed by atoms with Gasteiger partial charge in [-0.3, -0.25) is 19.0 Å². The van der Waals surface area contributed by atoms with E-state index in [2.05, 4.69) is 15.6 Å². The fourth-order valence-electron chi connectivity index (χ4n) is 2.41. The molecule has 1 aromatic heterocycles. The first-order valence-corrected chi connectivity index (χ1v) is 9.59. The van der Waals surface area contributed by atoms with E-state index >= 15 is 0 Å². The number of hydrogen-bond acceptors (Lipinski definition) is 5. The van der Waals surface area contributed by atoms with Crippen molar-refractivity contribution < 1.29 is 9.59 Å². The number of thioether (sulfide) groups is 1. The Morgan fingerprint density at radius 3 is 2.65 bits per heavy atom. The monoisotopic (exact) mass is 376 g/mol. The van der Waals surface area contributed by atoms with Crippen molar-refractivity contribution in [2.75, 3.05) is 12.3 Å². The Hall–Kier alpha value is -2.35. The summed E-state index contributed by atoms with van der Waals surface area (Å²) in [5.74, 6) is -0.423. The van der Waals surface area contributed by atoms with Crippen molar-refractivity contribution in [1.82, 2.24) is 20.2 Å². The van der Waals surface area contributed by atoms with Gasteiger partial charge in [-0.2, -0.15) is 0 Å². The van der Waals surface area contributed by atoms with Crippen molar-refractivity contribution in [3.63, 3.8) is 0 Å². The second-order valence-corrected chi connectivity index (χ2v) is 7.10. The molecular weight excluding hydrogens is 352 g/mol. The van der Waals surface area contributed by atoms with Gasteiger partial charge in [-0.25, -0.2) is 4.98 Å². The number of aromatic nitrogens is 2. The number of fused-ring (bicyclic) bond motifs is 1. The number of carbonyl (C=O) groups is 2. The molecule has 1 aromatic carbocycles. The smallest absolute Gasteiger partial charge is 0.262 e. The summed E-state index contributed by atoms with van der Waals surface area (Å²) >= 11 is 1.20. The van der Waals surface area contributed by atoms with E-state index in [-0.39, 0.29) is 35.7 Å². The van der Waals surface area contributed by atoms with E-state index in [1.807, 2.05) is 32.9 Å². The summed E-state index contributed by atoms with van der Waals surface area (Å²) < 4.78 is 1.60. The number of hydrogen-bond donors (Lipinski definition) is 2. The minimum atomic E-state index is -0.278. The predicted octanol–water partition coefficient (Wildman–Crippen LogP) is 1.54. The number of para-hydroxylation sites is 1. The number of rotatable bonds is 8. The molecule has 140 valence electrons. The lowest BCUT2D eigenvalue weighted by Crippen LogP contribution is -2.40. The molecule has 2 rings (SSSR count). The molecule has 0 aliphatic heterocycles. The van der Waals surface area contributed by atoms with Gasteiger partial charge in [0.05, 0.1) is 23.2 Å². The van der Waals surface area contributed by atoms with Crippen LogP contribution in [0.3, 0.4) is 0 Å². The zero-order valence-electron chi connectivity index (χ0n) is 15.2. The summed E-state index contributed by atoms with van der Waals surface area (Å²) in [5.41, 5.74) is 0.515. The minimum Gasteiger partial charge on any atom is -0.352 e. The summed E-state index contributed by atoms with van der Waals surface area (Å²) in [7, 11) is 0. The van der Waals surface area contributed by atoms with Crippen LogP contribution >= 0.6 is 11.8 Å². The third kappa shape index (κ3) is 5.32. The van der Waals surface area contributed by atoms with Crippen molar-refractivity contribution >= 4 is 34.5 Å². The Morgan fingerprint density at radius 1 is 1.23 bits per heavy atom. The van der Waals surface area contributed by atoms with Gasteiger partial charge in [0.1, 0.15) is 0 Å². The number of carbonyl (C=O) groups excluding carboxylic acids is 2. The van der Waals surface area contributed by atoms with E-state index in [0.717, 1.165) is 6.42 Å². The lowest BCUT2D eigenvalue weighted by Gasteiger charge is -2.12. The first kappa shape index (κ1) is 20.0. The highest BCUT2D eigenvalue weighted by molar-refractivity contribution is 7.99. The Kier molecular flexibility index (Phi) is 7.20. The van der Waals surface area contributed by atoms with Gasteiger partial charge in [-0.1, -0.05) is 30.8 Å². The van der Waals surface area contributed by atoms with Crippen LogP contribution in [0.4, 0.5) is 0 Å². The fraction of sp³-hybridized carbons (Fsp3) is 0.444. The number of nitrogens with one attached hydrogen (secondary N) is 2. The average Bonchev–Trinajstić information content (AvgIpc) is 2.60. The molecule has 0 unspecified atom stereocenters. The number of benzene rings is 1. The standard InChI is InChI=1S/C18H24N4O3S/c1-4-9-22-17(25)13-7-5-6-8-14(13)21-18(22)26-11-16(24)19-10-15(23)20-12(2)3/h5-8,12H,4,9-11H2,1-3H3,(H,19,24)(H,20,23). The molecule has 0 saturated heterocycles. The van der Waals surface area contributed by atoms with Crippen LogP contribution in [0.5, 0.6) is 0 Å². The van der Waals surface area contributed by atoms with Gasteiger partial charge in [0.15, 0.2) is 5.16 Å². The van der Waals surface area contributed by atoms with E-state index in [0.29, 0.717) is 22.6 Å². The molecule has 2 N–H and O–H groups in total. The molecule has 0 atom stereocenters. The maximum atomic E-state index is 12.7. The highest BCUT2D eigenvalue weighted by Crippen LogP contribution is 2.17. The van der Waals surface area contributed by atoms with Crippen molar-refractivity contribution in [2.24, 2.45) is 0 Å². The van der Waals surface area contributed by atoms with Crippen LogP contribution < -0.4 is 16.2 Å². The van der Waals surface area contributed by atoms with Gasteiger partial charge in [-0.15, -0.1) is 0 Å². The Bertz CT molecular complexity index is 848. The summed E-state index contributed by atoms with van der Waals surface area (Å²) in [5, 5.41) is 6.36.